The lowest BCUT2D eigenvalue weighted by Gasteiger charge is -2.23. The molecule has 1 saturated carbocycles. The molecule has 0 radical (unpaired) electrons. The fourth-order valence-corrected chi connectivity index (χ4v) is 4.60. The van der Waals surface area contributed by atoms with E-state index in [0.29, 0.717) is 36.7 Å². The quantitative estimate of drug-likeness (QED) is 0.269. The van der Waals surface area contributed by atoms with Crippen molar-refractivity contribution in [3.8, 4) is 23.0 Å². The zero-order chi connectivity index (χ0) is 23.1. The highest BCUT2D eigenvalue weighted by Gasteiger charge is 2.22. The number of hydrogen-bond acceptors (Lipinski definition) is 5. The maximum atomic E-state index is 11.2. The molecule has 1 aliphatic carbocycles. The normalized spacial score (nSPS) is 14.4. The molecule has 1 aliphatic rings. The van der Waals surface area contributed by atoms with Gasteiger partial charge in [-0.05, 0) is 62.1 Å². The van der Waals surface area contributed by atoms with Gasteiger partial charge in [-0.25, -0.2) is 4.79 Å². The van der Waals surface area contributed by atoms with Crippen LogP contribution in [0.3, 0.4) is 0 Å². The third-order valence-electron chi connectivity index (χ3n) is 6.38. The number of carboxylic acids is 1. The van der Waals surface area contributed by atoms with Crippen LogP contribution in [0.2, 0.25) is 0 Å². The number of carbonyl (C=O) groups is 1. The van der Waals surface area contributed by atoms with Crippen molar-refractivity contribution < 1.29 is 30.0 Å². The van der Waals surface area contributed by atoms with Crippen LogP contribution in [0.5, 0.6) is 23.0 Å². The zero-order valence-corrected chi connectivity index (χ0v) is 18.8. The van der Waals surface area contributed by atoms with E-state index in [2.05, 4.69) is 0 Å². The Morgan fingerprint density at radius 2 is 1.69 bits per heavy atom. The van der Waals surface area contributed by atoms with Crippen LogP contribution in [0, 0.1) is 0 Å². The van der Waals surface area contributed by atoms with Crippen LogP contribution >= 0.6 is 0 Å². The van der Waals surface area contributed by atoms with Crippen molar-refractivity contribution in [2.45, 2.75) is 77.0 Å². The summed E-state index contributed by atoms with van der Waals surface area (Å²) in [6.07, 6.45) is 9.10. The van der Waals surface area contributed by atoms with Crippen molar-refractivity contribution in [3.05, 3.63) is 46.5 Å². The van der Waals surface area contributed by atoms with Gasteiger partial charge in [0.15, 0.2) is 11.5 Å². The average molecular weight is 443 g/mol. The van der Waals surface area contributed by atoms with Crippen molar-refractivity contribution in [1.29, 1.82) is 0 Å². The summed E-state index contributed by atoms with van der Waals surface area (Å²) in [4.78, 5) is 11.2. The van der Waals surface area contributed by atoms with Gasteiger partial charge in [-0.2, -0.15) is 0 Å². The van der Waals surface area contributed by atoms with Crippen LogP contribution in [0.4, 0.5) is 0 Å². The molecule has 6 heteroatoms. The summed E-state index contributed by atoms with van der Waals surface area (Å²) in [5.74, 6) is -0.526. The molecule has 0 atom stereocenters. The highest BCUT2D eigenvalue weighted by molar-refractivity contribution is 5.91. The summed E-state index contributed by atoms with van der Waals surface area (Å²) in [5, 5.41) is 40.5. The molecule has 0 aliphatic heterocycles. The molecule has 0 unspecified atom stereocenters. The molecule has 0 saturated heterocycles. The molecule has 6 nitrogen and oxygen atoms in total. The van der Waals surface area contributed by atoms with Crippen LogP contribution in [-0.4, -0.2) is 33.0 Å². The lowest BCUT2D eigenvalue weighted by Crippen LogP contribution is -2.06. The Morgan fingerprint density at radius 3 is 2.38 bits per heavy atom. The summed E-state index contributed by atoms with van der Waals surface area (Å²) in [6.45, 7) is 2.37. The highest BCUT2D eigenvalue weighted by Crippen LogP contribution is 2.42. The third kappa shape index (κ3) is 5.47. The largest absolute Gasteiger partial charge is 0.507 e. The second-order valence-corrected chi connectivity index (χ2v) is 8.65. The Morgan fingerprint density at radius 1 is 0.938 bits per heavy atom. The van der Waals surface area contributed by atoms with E-state index in [1.54, 1.807) is 6.07 Å². The van der Waals surface area contributed by atoms with Gasteiger partial charge < -0.3 is 25.2 Å². The first-order valence-electron chi connectivity index (χ1n) is 11.7. The molecule has 174 valence electrons. The second kappa shape index (κ2) is 11.1. The molecule has 4 N–H and O–H groups in total. The number of aryl methyl sites for hydroxylation is 1. The topological polar surface area (TPSA) is 107 Å². The molecule has 3 rings (SSSR count). The molecule has 0 spiro atoms. The van der Waals surface area contributed by atoms with Gasteiger partial charge in [0.2, 0.25) is 0 Å². The van der Waals surface area contributed by atoms with Crippen LogP contribution < -0.4 is 4.74 Å². The SMILES string of the molecule is CCCc1c(OCCCCc2ccc(C3CCCCC3)c(O)c2O)ccc(C(=O)O)c1O. The number of hydrogen-bond donors (Lipinski definition) is 4. The minimum atomic E-state index is -1.16. The van der Waals surface area contributed by atoms with Crippen LogP contribution in [0.25, 0.3) is 0 Å². The number of aromatic hydroxyl groups is 3. The maximum absolute atomic E-state index is 11.2. The molecule has 0 aromatic heterocycles. The number of phenolic OH excluding ortho intramolecular Hbond substituents is 2. The fourth-order valence-electron chi connectivity index (χ4n) is 4.60. The molecule has 0 amide bonds. The van der Waals surface area contributed by atoms with Crippen molar-refractivity contribution >= 4 is 5.97 Å². The zero-order valence-electron chi connectivity index (χ0n) is 18.8. The molecule has 0 bridgehead atoms. The van der Waals surface area contributed by atoms with Crippen molar-refractivity contribution in [2.24, 2.45) is 0 Å². The van der Waals surface area contributed by atoms with E-state index in [0.717, 1.165) is 43.2 Å². The van der Waals surface area contributed by atoms with Crippen LogP contribution in [0.15, 0.2) is 24.3 Å². The highest BCUT2D eigenvalue weighted by atomic mass is 16.5. The summed E-state index contributed by atoms with van der Waals surface area (Å²) in [7, 11) is 0. The first kappa shape index (κ1) is 23.8. The molecule has 0 heterocycles. The minimum Gasteiger partial charge on any atom is -0.507 e. The van der Waals surface area contributed by atoms with Crippen molar-refractivity contribution in [1.82, 2.24) is 0 Å². The first-order chi connectivity index (χ1) is 15.4. The molecule has 32 heavy (non-hydrogen) atoms. The third-order valence-corrected chi connectivity index (χ3v) is 6.38. The summed E-state index contributed by atoms with van der Waals surface area (Å²) in [5.41, 5.74) is 2.00. The molecule has 1 fully saturated rings. The van der Waals surface area contributed by atoms with E-state index < -0.39 is 5.97 Å². The van der Waals surface area contributed by atoms with Gasteiger partial charge >= 0.3 is 5.97 Å². The standard InChI is InChI=1S/C26H34O6/c1-2-8-20-22(15-14-21(24(20)28)26(30)31)32-16-7-6-11-18-12-13-19(25(29)23(18)27)17-9-4-3-5-10-17/h12-15,17,27-29H,2-11,16H2,1H3,(H,30,31). The van der Waals surface area contributed by atoms with E-state index in [9.17, 15) is 25.2 Å². The number of benzene rings is 2. The predicted octanol–water partition coefficient (Wildman–Crippen LogP) is 5.90. The van der Waals surface area contributed by atoms with Gasteiger partial charge in [-0.1, -0.05) is 44.7 Å². The number of phenols is 3. The molecular formula is C26H34O6. The number of carboxylic acid groups (broad SMARTS) is 1. The minimum absolute atomic E-state index is 0.00611. The lowest BCUT2D eigenvalue weighted by molar-refractivity contribution is 0.0693. The van der Waals surface area contributed by atoms with Crippen LogP contribution in [-0.2, 0) is 12.8 Å². The smallest absolute Gasteiger partial charge is 0.339 e. The number of rotatable bonds is 10. The van der Waals surface area contributed by atoms with Gasteiger partial charge in [0, 0.05) is 11.1 Å². The maximum Gasteiger partial charge on any atom is 0.339 e. The monoisotopic (exact) mass is 442 g/mol. The summed E-state index contributed by atoms with van der Waals surface area (Å²) in [6, 6.07) is 6.84. The Kier molecular flexibility index (Phi) is 8.26. The average Bonchev–Trinajstić information content (AvgIpc) is 2.79. The van der Waals surface area contributed by atoms with Crippen molar-refractivity contribution in [3.63, 3.8) is 0 Å². The predicted molar refractivity (Wildman–Crippen MR) is 123 cm³/mol. The molecule has 2 aromatic rings. The van der Waals surface area contributed by atoms with Gasteiger partial charge in [0.1, 0.15) is 17.1 Å². The Labute approximate surface area is 189 Å². The fraction of sp³-hybridized carbons (Fsp3) is 0.500. The summed E-state index contributed by atoms with van der Waals surface area (Å²) >= 11 is 0. The van der Waals surface area contributed by atoms with Gasteiger partial charge in [0.05, 0.1) is 6.61 Å². The summed E-state index contributed by atoms with van der Waals surface area (Å²) < 4.78 is 5.83. The number of ether oxygens (including phenoxy) is 1. The Hall–Kier alpha value is -2.89. The van der Waals surface area contributed by atoms with Gasteiger partial charge in [0.25, 0.3) is 0 Å². The Bertz CT molecular complexity index is 930. The van der Waals surface area contributed by atoms with Gasteiger partial charge in [-0.15, -0.1) is 0 Å². The van der Waals surface area contributed by atoms with Gasteiger partial charge in [-0.3, -0.25) is 0 Å². The van der Waals surface area contributed by atoms with E-state index in [4.69, 9.17) is 4.74 Å². The first-order valence-corrected chi connectivity index (χ1v) is 11.7. The van der Waals surface area contributed by atoms with Crippen LogP contribution in [0.1, 0.15) is 91.3 Å². The number of aromatic carboxylic acids is 1. The lowest BCUT2D eigenvalue weighted by atomic mass is 9.83. The molecular weight excluding hydrogens is 408 g/mol. The molecule has 2 aromatic carbocycles. The second-order valence-electron chi connectivity index (χ2n) is 8.65. The van der Waals surface area contributed by atoms with E-state index >= 15 is 0 Å². The van der Waals surface area contributed by atoms with E-state index in [1.165, 1.54) is 25.3 Å². The van der Waals surface area contributed by atoms with Crippen molar-refractivity contribution in [2.75, 3.05) is 6.61 Å². The van der Waals surface area contributed by atoms with E-state index in [1.807, 2.05) is 19.1 Å². The Balaban J connectivity index is 1.55. The number of unbranched alkanes of at least 4 members (excludes halogenated alkanes) is 1. The van der Waals surface area contributed by atoms with E-state index in [-0.39, 0.29) is 22.8 Å².